The summed E-state index contributed by atoms with van der Waals surface area (Å²) in [7, 11) is 0. The van der Waals surface area contributed by atoms with E-state index in [2.05, 4.69) is 9.72 Å². The second-order valence-electron chi connectivity index (χ2n) is 3.52. The van der Waals surface area contributed by atoms with Crippen LogP contribution in [-0.4, -0.2) is 29.2 Å². The molecule has 0 N–H and O–H groups in total. The summed E-state index contributed by atoms with van der Waals surface area (Å²) < 4.78 is 76.9. The molecule has 0 bridgehead atoms. The van der Waals surface area contributed by atoms with Gasteiger partial charge in [-0.05, 0) is 13.0 Å². The number of carbonyl (C=O) groups is 1. The molecule has 0 aromatic carbocycles. The van der Waals surface area contributed by atoms with Crippen LogP contribution in [0.15, 0.2) is 18.3 Å². The zero-order valence-electron chi connectivity index (χ0n) is 9.34. The number of aromatic nitrogens is 1. The molecule has 0 saturated carbocycles. The van der Waals surface area contributed by atoms with E-state index in [9.17, 15) is 31.1 Å². The first-order valence-electron chi connectivity index (χ1n) is 4.79. The van der Waals surface area contributed by atoms with Crippen molar-refractivity contribution in [2.75, 3.05) is 0 Å². The number of Topliss-reactive ketones (excluding diaryl/α,β-unsaturated/α-hetero) is 1. The Kier molecular flexibility index (Phi) is 4.06. The number of nitrogens with zero attached hydrogens (tertiary/aromatic N) is 1. The minimum Gasteiger partial charge on any atom is -0.455 e. The molecule has 19 heavy (non-hydrogen) atoms. The number of carbonyl (C=O) groups excluding carboxylic acids is 1. The topological polar surface area (TPSA) is 39.2 Å². The summed E-state index contributed by atoms with van der Waals surface area (Å²) >= 11 is 0. The Morgan fingerprint density at radius 1 is 1.16 bits per heavy atom. The highest BCUT2D eigenvalue weighted by molar-refractivity contribution is 5.93. The maximum Gasteiger partial charge on any atom is 0.434 e. The van der Waals surface area contributed by atoms with Gasteiger partial charge in [-0.3, -0.25) is 4.79 Å². The molecule has 0 spiro atoms. The van der Waals surface area contributed by atoms with Crippen LogP contribution < -0.4 is 4.74 Å². The molecule has 1 rings (SSSR count). The molecule has 0 fully saturated rings. The quantitative estimate of drug-likeness (QED) is 0.633. The van der Waals surface area contributed by atoms with Gasteiger partial charge in [0.2, 0.25) is 5.88 Å². The summed E-state index contributed by atoms with van der Waals surface area (Å²) in [6, 6.07) is 1.79. The number of rotatable bonds is 3. The molecular weight excluding hydrogens is 280 g/mol. The fourth-order valence-electron chi connectivity index (χ4n) is 1.10. The van der Waals surface area contributed by atoms with Crippen LogP contribution in [0, 0.1) is 0 Å². The lowest BCUT2D eigenvalue weighted by Crippen LogP contribution is -2.46. The van der Waals surface area contributed by atoms with Crippen LogP contribution in [0.25, 0.3) is 0 Å². The van der Waals surface area contributed by atoms with Crippen LogP contribution in [0.1, 0.15) is 17.3 Å². The smallest absolute Gasteiger partial charge is 0.434 e. The van der Waals surface area contributed by atoms with Crippen LogP contribution in [0.3, 0.4) is 0 Å². The van der Waals surface area contributed by atoms with Gasteiger partial charge in [0.15, 0.2) is 5.78 Å². The highest BCUT2D eigenvalue weighted by Crippen LogP contribution is 2.35. The van der Waals surface area contributed by atoms with E-state index in [1.807, 2.05) is 0 Å². The van der Waals surface area contributed by atoms with E-state index in [1.54, 1.807) is 0 Å². The van der Waals surface area contributed by atoms with Crippen LogP contribution in [-0.2, 0) is 0 Å². The molecule has 0 aliphatic carbocycles. The molecule has 0 saturated heterocycles. The minimum absolute atomic E-state index is 0.0444. The standard InChI is InChI=1S/C10H7F6NO2/c1-5(18)6-2-3-7(17-4-6)19-8(9(11,12)13)10(14,15)16/h2-4,8H,1H3. The van der Waals surface area contributed by atoms with Crippen LogP contribution in [0.2, 0.25) is 0 Å². The zero-order valence-corrected chi connectivity index (χ0v) is 9.34. The number of hydrogen-bond donors (Lipinski definition) is 0. The Bertz CT molecular complexity index is 437. The Hall–Kier alpha value is -1.80. The summed E-state index contributed by atoms with van der Waals surface area (Å²) in [5.74, 6) is -1.30. The molecule has 0 aliphatic rings. The normalized spacial score (nSPS) is 12.6. The molecule has 0 unspecified atom stereocenters. The molecular formula is C10H7F6NO2. The first kappa shape index (κ1) is 15.3. The van der Waals surface area contributed by atoms with Crippen molar-refractivity contribution in [3.05, 3.63) is 23.9 Å². The lowest BCUT2D eigenvalue weighted by molar-refractivity contribution is -0.300. The fourth-order valence-corrected chi connectivity index (χ4v) is 1.10. The monoisotopic (exact) mass is 287 g/mol. The van der Waals surface area contributed by atoms with Crippen LogP contribution in [0.5, 0.6) is 5.88 Å². The summed E-state index contributed by atoms with van der Waals surface area (Å²) in [5.41, 5.74) is 0.0444. The van der Waals surface area contributed by atoms with Gasteiger partial charge in [-0.25, -0.2) is 4.98 Å². The average molecular weight is 287 g/mol. The number of alkyl halides is 6. The molecule has 1 aromatic rings. The molecule has 1 heterocycles. The largest absolute Gasteiger partial charge is 0.455 e. The summed E-state index contributed by atoms with van der Waals surface area (Å²) in [4.78, 5) is 14.1. The van der Waals surface area contributed by atoms with Gasteiger partial charge in [0.05, 0.1) is 0 Å². The van der Waals surface area contributed by atoms with Gasteiger partial charge in [-0.2, -0.15) is 26.3 Å². The minimum atomic E-state index is -5.61. The zero-order chi connectivity index (χ0) is 14.8. The second-order valence-corrected chi connectivity index (χ2v) is 3.52. The highest BCUT2D eigenvalue weighted by Gasteiger charge is 2.59. The van der Waals surface area contributed by atoms with Gasteiger partial charge in [0, 0.05) is 17.8 Å². The third-order valence-corrected chi connectivity index (χ3v) is 1.98. The number of ketones is 1. The molecule has 0 radical (unpaired) electrons. The SMILES string of the molecule is CC(=O)c1ccc(OC(C(F)(F)F)C(F)(F)F)nc1. The van der Waals surface area contributed by atoms with E-state index in [-0.39, 0.29) is 5.56 Å². The van der Waals surface area contributed by atoms with Gasteiger partial charge in [0.25, 0.3) is 6.10 Å². The van der Waals surface area contributed by atoms with Crippen molar-refractivity contribution in [3.8, 4) is 5.88 Å². The van der Waals surface area contributed by atoms with Crippen molar-refractivity contribution in [1.29, 1.82) is 0 Å². The fraction of sp³-hybridized carbons (Fsp3) is 0.400. The van der Waals surface area contributed by atoms with Crippen molar-refractivity contribution < 1.29 is 35.9 Å². The highest BCUT2D eigenvalue weighted by atomic mass is 19.4. The van der Waals surface area contributed by atoms with Crippen molar-refractivity contribution >= 4 is 5.78 Å². The summed E-state index contributed by atoms with van der Waals surface area (Å²) in [6.07, 6.45) is -14.4. The molecule has 0 atom stereocenters. The van der Waals surface area contributed by atoms with E-state index >= 15 is 0 Å². The molecule has 1 aromatic heterocycles. The third kappa shape index (κ3) is 4.11. The Morgan fingerprint density at radius 3 is 2.00 bits per heavy atom. The predicted octanol–water partition coefficient (Wildman–Crippen LogP) is 3.16. The summed E-state index contributed by atoms with van der Waals surface area (Å²) in [5, 5.41) is 0. The lowest BCUT2D eigenvalue weighted by Gasteiger charge is -2.23. The average Bonchev–Trinajstić information content (AvgIpc) is 2.23. The molecule has 0 aliphatic heterocycles. The third-order valence-electron chi connectivity index (χ3n) is 1.98. The number of hydrogen-bond acceptors (Lipinski definition) is 3. The number of ether oxygens (including phenoxy) is 1. The Morgan fingerprint density at radius 2 is 1.68 bits per heavy atom. The van der Waals surface area contributed by atoms with Gasteiger partial charge in [-0.15, -0.1) is 0 Å². The second kappa shape index (κ2) is 5.06. The maximum absolute atomic E-state index is 12.2. The number of pyridine rings is 1. The van der Waals surface area contributed by atoms with Gasteiger partial charge in [-0.1, -0.05) is 0 Å². The number of halogens is 6. The van der Waals surface area contributed by atoms with Gasteiger partial charge < -0.3 is 4.74 Å². The molecule has 106 valence electrons. The van der Waals surface area contributed by atoms with Gasteiger partial charge >= 0.3 is 12.4 Å². The van der Waals surface area contributed by atoms with Crippen LogP contribution >= 0.6 is 0 Å². The van der Waals surface area contributed by atoms with E-state index in [4.69, 9.17) is 0 Å². The molecule has 9 heteroatoms. The Balaban J connectivity index is 2.95. The van der Waals surface area contributed by atoms with Crippen molar-refractivity contribution in [2.24, 2.45) is 0 Å². The van der Waals surface area contributed by atoms with E-state index in [1.165, 1.54) is 6.92 Å². The predicted molar refractivity (Wildman–Crippen MR) is 50.8 cm³/mol. The van der Waals surface area contributed by atoms with Crippen molar-refractivity contribution in [3.63, 3.8) is 0 Å². The maximum atomic E-state index is 12.2. The lowest BCUT2D eigenvalue weighted by atomic mass is 10.2. The van der Waals surface area contributed by atoms with Crippen molar-refractivity contribution in [2.45, 2.75) is 25.4 Å². The van der Waals surface area contributed by atoms with Crippen molar-refractivity contribution in [1.82, 2.24) is 4.98 Å². The summed E-state index contributed by atoms with van der Waals surface area (Å²) in [6.45, 7) is 1.17. The molecule has 0 amide bonds. The molecule has 3 nitrogen and oxygen atoms in total. The van der Waals surface area contributed by atoms with Crippen LogP contribution in [0.4, 0.5) is 26.3 Å². The van der Waals surface area contributed by atoms with Gasteiger partial charge in [0.1, 0.15) is 0 Å². The van der Waals surface area contributed by atoms with E-state index in [0.29, 0.717) is 0 Å². The van der Waals surface area contributed by atoms with E-state index in [0.717, 1.165) is 18.3 Å². The van der Waals surface area contributed by atoms with E-state index < -0.39 is 30.1 Å². The Labute approximate surface area is 103 Å². The first-order chi connectivity index (χ1) is 8.51. The first-order valence-corrected chi connectivity index (χ1v) is 4.79.